The molecule has 0 aliphatic rings. The number of hydrogen-bond acceptors (Lipinski definition) is 10. The van der Waals surface area contributed by atoms with Gasteiger partial charge in [0.1, 0.15) is 23.3 Å². The molecule has 0 saturated carbocycles. The molecule has 2 heterocycles. The van der Waals surface area contributed by atoms with Gasteiger partial charge in [0.05, 0.1) is 27.5 Å². The predicted molar refractivity (Wildman–Crippen MR) is 128 cm³/mol. The standard InChI is InChI=1S/C22H20N8O3S/c1-12(26-19-14(11-23)18(24)28-22(25)29-19)20-27-15-9-6-10-16(34(2,32)33)17(15)21(31)30(20)13-7-4-3-5-8-13/h3-10,12H,1-2H3,(H5,24,25,26,28,29). The Kier molecular flexibility index (Phi) is 5.64. The minimum atomic E-state index is -3.70. The number of nitrogens with zero attached hydrogens (tertiary/aromatic N) is 5. The summed E-state index contributed by atoms with van der Waals surface area (Å²) in [5.41, 5.74) is 11.6. The van der Waals surface area contributed by atoms with Gasteiger partial charge in [-0.3, -0.25) is 9.36 Å². The zero-order valence-electron chi connectivity index (χ0n) is 18.2. The number of nitriles is 1. The van der Waals surface area contributed by atoms with Crippen molar-refractivity contribution < 1.29 is 8.42 Å². The van der Waals surface area contributed by atoms with Crippen LogP contribution in [0.15, 0.2) is 58.2 Å². The normalized spacial score (nSPS) is 12.3. The number of anilines is 3. The number of aromatic nitrogens is 4. The molecule has 0 amide bonds. The summed E-state index contributed by atoms with van der Waals surface area (Å²) in [6.45, 7) is 1.71. The van der Waals surface area contributed by atoms with E-state index in [1.165, 1.54) is 16.7 Å². The summed E-state index contributed by atoms with van der Waals surface area (Å²) in [5, 5.41) is 12.5. The molecule has 11 nitrogen and oxygen atoms in total. The fraction of sp³-hybridized carbons (Fsp3) is 0.136. The zero-order chi connectivity index (χ0) is 24.6. The zero-order valence-corrected chi connectivity index (χ0v) is 19.0. The number of nitrogen functional groups attached to an aromatic ring is 2. The summed E-state index contributed by atoms with van der Waals surface area (Å²) >= 11 is 0. The van der Waals surface area contributed by atoms with Gasteiger partial charge in [0.25, 0.3) is 5.56 Å². The highest BCUT2D eigenvalue weighted by Gasteiger charge is 2.23. The number of hydrogen-bond donors (Lipinski definition) is 3. The summed E-state index contributed by atoms with van der Waals surface area (Å²) in [5.74, 6) is 0.123. The van der Waals surface area contributed by atoms with Gasteiger partial charge in [0.2, 0.25) is 5.95 Å². The van der Waals surface area contributed by atoms with E-state index in [9.17, 15) is 18.5 Å². The maximum absolute atomic E-state index is 13.7. The molecule has 0 saturated heterocycles. The van der Waals surface area contributed by atoms with Crippen LogP contribution in [0.4, 0.5) is 17.6 Å². The predicted octanol–water partition coefficient (Wildman–Crippen LogP) is 1.79. The summed E-state index contributed by atoms with van der Waals surface area (Å²) in [6, 6.07) is 14.4. The second-order valence-corrected chi connectivity index (χ2v) is 9.52. The molecule has 5 N–H and O–H groups in total. The number of nitrogens with two attached hydrogens (primary N) is 2. The Morgan fingerprint density at radius 3 is 2.41 bits per heavy atom. The lowest BCUT2D eigenvalue weighted by atomic mass is 10.2. The average Bonchev–Trinajstić information content (AvgIpc) is 2.78. The summed E-state index contributed by atoms with van der Waals surface area (Å²) in [7, 11) is -3.70. The van der Waals surface area contributed by atoms with Crippen molar-refractivity contribution in [1.82, 2.24) is 19.5 Å². The SMILES string of the molecule is CC(Nc1nc(N)nc(N)c1C#N)c1nc2cccc(S(C)(=O)=O)c2c(=O)n1-c1ccccc1. The van der Waals surface area contributed by atoms with E-state index in [4.69, 9.17) is 11.5 Å². The molecule has 0 aliphatic carbocycles. The molecule has 0 spiro atoms. The molecule has 12 heteroatoms. The lowest BCUT2D eigenvalue weighted by molar-refractivity contribution is 0.602. The molecule has 2 aromatic heterocycles. The van der Waals surface area contributed by atoms with E-state index in [2.05, 4.69) is 20.3 Å². The number of nitrogens with one attached hydrogen (secondary N) is 1. The Labute approximate surface area is 194 Å². The molecule has 0 radical (unpaired) electrons. The van der Waals surface area contributed by atoms with Crippen LogP contribution in [-0.4, -0.2) is 34.2 Å². The van der Waals surface area contributed by atoms with Crippen molar-refractivity contribution in [2.24, 2.45) is 0 Å². The van der Waals surface area contributed by atoms with Gasteiger partial charge in [0.15, 0.2) is 15.7 Å². The van der Waals surface area contributed by atoms with Gasteiger partial charge in [-0.1, -0.05) is 24.3 Å². The van der Waals surface area contributed by atoms with Crippen LogP contribution >= 0.6 is 0 Å². The Bertz CT molecular complexity index is 1630. The second-order valence-electron chi connectivity index (χ2n) is 7.54. The number of fused-ring (bicyclic) bond motifs is 1. The first-order chi connectivity index (χ1) is 16.1. The minimum Gasteiger partial charge on any atom is -0.382 e. The lowest BCUT2D eigenvalue weighted by Crippen LogP contribution is -2.28. The number of para-hydroxylation sites is 1. The molecular weight excluding hydrogens is 456 g/mol. The summed E-state index contributed by atoms with van der Waals surface area (Å²) in [4.78, 5) is 26.1. The van der Waals surface area contributed by atoms with Crippen LogP contribution in [0.5, 0.6) is 0 Å². The summed E-state index contributed by atoms with van der Waals surface area (Å²) < 4.78 is 26.1. The van der Waals surface area contributed by atoms with E-state index < -0.39 is 21.4 Å². The molecule has 1 atom stereocenters. The van der Waals surface area contributed by atoms with Crippen molar-refractivity contribution in [2.75, 3.05) is 23.0 Å². The molecule has 2 aromatic carbocycles. The number of rotatable bonds is 5. The van der Waals surface area contributed by atoms with E-state index in [-0.39, 0.29) is 44.8 Å². The van der Waals surface area contributed by atoms with Gasteiger partial charge < -0.3 is 16.8 Å². The van der Waals surface area contributed by atoms with Gasteiger partial charge in [0, 0.05) is 6.26 Å². The smallest absolute Gasteiger partial charge is 0.267 e. The first-order valence-corrected chi connectivity index (χ1v) is 11.9. The quantitative estimate of drug-likeness (QED) is 0.384. The van der Waals surface area contributed by atoms with Crippen molar-refractivity contribution in [3.05, 3.63) is 70.3 Å². The van der Waals surface area contributed by atoms with Gasteiger partial charge >= 0.3 is 0 Å². The van der Waals surface area contributed by atoms with Crippen molar-refractivity contribution in [3.8, 4) is 11.8 Å². The average molecular weight is 477 g/mol. The van der Waals surface area contributed by atoms with Gasteiger partial charge in [-0.15, -0.1) is 0 Å². The maximum atomic E-state index is 13.7. The van der Waals surface area contributed by atoms with Crippen LogP contribution in [0.1, 0.15) is 24.4 Å². The molecule has 172 valence electrons. The van der Waals surface area contributed by atoms with Crippen LogP contribution in [0.25, 0.3) is 16.6 Å². The van der Waals surface area contributed by atoms with E-state index in [1.807, 2.05) is 6.07 Å². The first-order valence-electron chi connectivity index (χ1n) is 10.0. The fourth-order valence-corrected chi connectivity index (χ4v) is 4.51. The van der Waals surface area contributed by atoms with Crippen LogP contribution in [0.3, 0.4) is 0 Å². The number of sulfone groups is 1. The topological polar surface area (TPSA) is 183 Å². The molecule has 0 bridgehead atoms. The van der Waals surface area contributed by atoms with Gasteiger partial charge in [-0.25, -0.2) is 13.4 Å². The Hall–Kier alpha value is -4.50. The van der Waals surface area contributed by atoms with E-state index in [1.54, 1.807) is 43.3 Å². The van der Waals surface area contributed by atoms with Crippen LogP contribution in [0.2, 0.25) is 0 Å². The summed E-state index contributed by atoms with van der Waals surface area (Å²) in [6.07, 6.45) is 1.04. The molecule has 34 heavy (non-hydrogen) atoms. The molecule has 1 unspecified atom stereocenters. The monoisotopic (exact) mass is 476 g/mol. The fourth-order valence-electron chi connectivity index (χ4n) is 3.62. The lowest BCUT2D eigenvalue weighted by Gasteiger charge is -2.21. The Morgan fingerprint density at radius 2 is 1.76 bits per heavy atom. The van der Waals surface area contributed by atoms with Gasteiger partial charge in [-0.05, 0) is 31.2 Å². The first kappa shape index (κ1) is 22.7. The number of benzene rings is 2. The van der Waals surface area contributed by atoms with Crippen molar-refractivity contribution in [2.45, 2.75) is 17.9 Å². The van der Waals surface area contributed by atoms with Gasteiger partial charge in [-0.2, -0.15) is 15.2 Å². The van der Waals surface area contributed by atoms with Crippen molar-refractivity contribution >= 4 is 38.3 Å². The third-order valence-corrected chi connectivity index (χ3v) is 6.24. The van der Waals surface area contributed by atoms with Crippen LogP contribution in [0, 0.1) is 11.3 Å². The van der Waals surface area contributed by atoms with Crippen molar-refractivity contribution in [1.29, 1.82) is 5.26 Å². The van der Waals surface area contributed by atoms with Crippen molar-refractivity contribution in [3.63, 3.8) is 0 Å². The molecule has 4 rings (SSSR count). The largest absolute Gasteiger partial charge is 0.382 e. The Morgan fingerprint density at radius 1 is 1.06 bits per heavy atom. The van der Waals surface area contributed by atoms with E-state index in [0.29, 0.717) is 5.69 Å². The van der Waals surface area contributed by atoms with Crippen LogP contribution in [-0.2, 0) is 9.84 Å². The molecule has 4 aromatic rings. The van der Waals surface area contributed by atoms with E-state index in [0.717, 1.165) is 6.26 Å². The highest BCUT2D eigenvalue weighted by atomic mass is 32.2. The minimum absolute atomic E-state index is 0.00481. The third-order valence-electron chi connectivity index (χ3n) is 5.11. The third kappa shape index (κ3) is 4.00. The second kappa shape index (κ2) is 8.45. The maximum Gasteiger partial charge on any atom is 0.267 e. The van der Waals surface area contributed by atoms with Crippen LogP contribution < -0.4 is 22.3 Å². The Balaban J connectivity index is 2.00. The highest BCUT2D eigenvalue weighted by molar-refractivity contribution is 7.91. The molecule has 0 fully saturated rings. The molecular formula is C22H20N8O3S. The highest BCUT2D eigenvalue weighted by Crippen LogP contribution is 2.26. The van der Waals surface area contributed by atoms with E-state index >= 15 is 0 Å². The molecule has 0 aliphatic heterocycles.